The van der Waals surface area contributed by atoms with Gasteiger partial charge in [-0.1, -0.05) is 18.6 Å². The van der Waals surface area contributed by atoms with Gasteiger partial charge in [0.2, 0.25) is 0 Å². The van der Waals surface area contributed by atoms with Crippen LogP contribution in [0.15, 0.2) is 29.3 Å². The van der Waals surface area contributed by atoms with E-state index in [4.69, 9.17) is 14.5 Å². The van der Waals surface area contributed by atoms with Gasteiger partial charge in [0, 0.05) is 33.4 Å². The maximum atomic E-state index is 5.35. The molecule has 3 rings (SSSR count). The number of benzene rings is 1. The Morgan fingerprint density at radius 1 is 1.10 bits per heavy atom. The Bertz CT molecular complexity index is 658. The standard InChI is InChI=1S/C24H40N4O2.HI/c1-4-25-23(27-19-24(12-7-13-24)14-17-29-2)26-18-22(28-15-5-6-16-28)20-8-10-21(30-3)11-9-20;/h8-11,22H,4-7,12-19H2,1-3H3,(H2,25,26,27);1H. The molecular weight excluding hydrogens is 503 g/mol. The molecule has 31 heavy (non-hydrogen) atoms. The number of nitrogens with zero attached hydrogens (tertiary/aromatic N) is 2. The second-order valence-corrected chi connectivity index (χ2v) is 8.70. The average molecular weight is 545 g/mol. The van der Waals surface area contributed by atoms with E-state index in [1.807, 2.05) is 0 Å². The summed E-state index contributed by atoms with van der Waals surface area (Å²) in [6.07, 6.45) is 7.51. The number of hydrogen-bond donors (Lipinski definition) is 2. The number of methoxy groups -OCH3 is 2. The number of likely N-dealkylation sites (tertiary alicyclic amines) is 1. The van der Waals surface area contributed by atoms with Crippen LogP contribution in [0, 0.1) is 5.41 Å². The van der Waals surface area contributed by atoms with Crippen molar-refractivity contribution in [2.45, 2.75) is 51.5 Å². The fourth-order valence-electron chi connectivity index (χ4n) is 4.60. The lowest BCUT2D eigenvalue weighted by Crippen LogP contribution is -2.44. The summed E-state index contributed by atoms with van der Waals surface area (Å²) < 4.78 is 10.7. The van der Waals surface area contributed by atoms with Gasteiger partial charge in [-0.3, -0.25) is 9.89 Å². The van der Waals surface area contributed by atoms with Crippen LogP contribution >= 0.6 is 24.0 Å². The van der Waals surface area contributed by atoms with Crippen LogP contribution in [0.1, 0.15) is 57.1 Å². The van der Waals surface area contributed by atoms with E-state index in [2.05, 4.69) is 46.7 Å². The summed E-state index contributed by atoms with van der Waals surface area (Å²) in [6, 6.07) is 8.86. The van der Waals surface area contributed by atoms with Crippen molar-refractivity contribution in [3.8, 4) is 5.75 Å². The van der Waals surface area contributed by atoms with E-state index in [0.29, 0.717) is 11.5 Å². The molecule has 1 aromatic rings. The average Bonchev–Trinajstić information content (AvgIpc) is 3.27. The van der Waals surface area contributed by atoms with Gasteiger partial charge in [-0.05, 0) is 75.2 Å². The van der Waals surface area contributed by atoms with Crippen molar-refractivity contribution in [3.05, 3.63) is 29.8 Å². The van der Waals surface area contributed by atoms with Gasteiger partial charge in [-0.25, -0.2) is 0 Å². The van der Waals surface area contributed by atoms with Crippen molar-refractivity contribution < 1.29 is 9.47 Å². The minimum atomic E-state index is 0. The normalized spacial score (nSPS) is 19.3. The van der Waals surface area contributed by atoms with E-state index in [-0.39, 0.29) is 24.0 Å². The molecule has 0 radical (unpaired) electrons. The van der Waals surface area contributed by atoms with Crippen LogP contribution < -0.4 is 15.4 Å². The largest absolute Gasteiger partial charge is 0.497 e. The summed E-state index contributed by atoms with van der Waals surface area (Å²) in [6.45, 7) is 7.87. The van der Waals surface area contributed by atoms with Crippen LogP contribution in [0.3, 0.4) is 0 Å². The number of guanidine groups is 1. The predicted octanol–water partition coefficient (Wildman–Crippen LogP) is 4.21. The van der Waals surface area contributed by atoms with Crippen LogP contribution in [0.2, 0.25) is 0 Å². The molecule has 0 spiro atoms. The lowest BCUT2D eigenvalue weighted by Gasteiger charge is -2.41. The first-order valence-corrected chi connectivity index (χ1v) is 11.6. The second-order valence-electron chi connectivity index (χ2n) is 8.70. The maximum absolute atomic E-state index is 5.35. The molecule has 2 fully saturated rings. The summed E-state index contributed by atoms with van der Waals surface area (Å²) >= 11 is 0. The molecule has 1 aromatic carbocycles. The van der Waals surface area contributed by atoms with Crippen molar-refractivity contribution in [2.24, 2.45) is 10.4 Å². The quantitative estimate of drug-likeness (QED) is 0.248. The first kappa shape index (κ1) is 26.2. The van der Waals surface area contributed by atoms with Gasteiger partial charge in [-0.2, -0.15) is 0 Å². The molecule has 0 aromatic heterocycles. The van der Waals surface area contributed by atoms with Crippen molar-refractivity contribution in [1.29, 1.82) is 0 Å². The highest BCUT2D eigenvalue weighted by molar-refractivity contribution is 14.0. The molecule has 1 aliphatic carbocycles. The predicted molar refractivity (Wildman–Crippen MR) is 139 cm³/mol. The Morgan fingerprint density at radius 2 is 1.81 bits per heavy atom. The number of hydrogen-bond acceptors (Lipinski definition) is 4. The Balaban J connectivity index is 0.00000341. The number of rotatable bonds is 11. The Labute approximate surface area is 205 Å². The van der Waals surface area contributed by atoms with Crippen molar-refractivity contribution in [2.75, 3.05) is 53.6 Å². The molecule has 0 bridgehead atoms. The molecule has 2 aliphatic rings. The smallest absolute Gasteiger partial charge is 0.191 e. The molecule has 1 heterocycles. The maximum Gasteiger partial charge on any atom is 0.191 e. The SMILES string of the molecule is CCNC(=NCC1(CCOC)CCC1)NCC(c1ccc(OC)cc1)N1CCCC1.I. The monoisotopic (exact) mass is 544 g/mol. The molecule has 1 aliphatic heterocycles. The first-order chi connectivity index (χ1) is 14.7. The van der Waals surface area contributed by atoms with Crippen molar-refractivity contribution in [1.82, 2.24) is 15.5 Å². The lowest BCUT2D eigenvalue weighted by molar-refractivity contribution is 0.0778. The van der Waals surface area contributed by atoms with Gasteiger partial charge in [0.05, 0.1) is 13.2 Å². The molecular formula is C24H41IN4O2. The Morgan fingerprint density at radius 3 is 2.35 bits per heavy atom. The summed E-state index contributed by atoms with van der Waals surface area (Å²) in [5.74, 6) is 1.84. The topological polar surface area (TPSA) is 58.1 Å². The van der Waals surface area contributed by atoms with Crippen LogP contribution in [0.4, 0.5) is 0 Å². The number of nitrogens with one attached hydrogen (secondary N) is 2. The zero-order valence-corrected chi connectivity index (χ0v) is 21.8. The van der Waals surface area contributed by atoms with Crippen LogP contribution in [0.5, 0.6) is 5.75 Å². The van der Waals surface area contributed by atoms with Crippen molar-refractivity contribution in [3.63, 3.8) is 0 Å². The minimum Gasteiger partial charge on any atom is -0.497 e. The third kappa shape index (κ3) is 7.49. The molecule has 1 unspecified atom stereocenters. The summed E-state index contributed by atoms with van der Waals surface area (Å²) in [4.78, 5) is 7.57. The van der Waals surface area contributed by atoms with Crippen LogP contribution in [-0.4, -0.2) is 64.4 Å². The molecule has 6 nitrogen and oxygen atoms in total. The van der Waals surface area contributed by atoms with Crippen molar-refractivity contribution >= 4 is 29.9 Å². The third-order valence-electron chi connectivity index (χ3n) is 6.71. The molecule has 1 atom stereocenters. The highest BCUT2D eigenvalue weighted by atomic mass is 127. The van der Waals surface area contributed by atoms with Gasteiger partial charge < -0.3 is 20.1 Å². The van der Waals surface area contributed by atoms with Crippen LogP contribution in [-0.2, 0) is 4.74 Å². The van der Waals surface area contributed by atoms with E-state index in [9.17, 15) is 0 Å². The van der Waals surface area contributed by atoms with E-state index in [1.54, 1.807) is 14.2 Å². The van der Waals surface area contributed by atoms with E-state index in [0.717, 1.165) is 57.5 Å². The zero-order valence-electron chi connectivity index (χ0n) is 19.5. The second kappa shape index (κ2) is 13.5. The van der Waals surface area contributed by atoms with Gasteiger partial charge in [0.25, 0.3) is 0 Å². The molecule has 176 valence electrons. The van der Waals surface area contributed by atoms with E-state index >= 15 is 0 Å². The van der Waals surface area contributed by atoms with Gasteiger partial charge in [-0.15, -0.1) is 24.0 Å². The van der Waals surface area contributed by atoms with E-state index < -0.39 is 0 Å². The van der Waals surface area contributed by atoms with Gasteiger partial charge >= 0.3 is 0 Å². The lowest BCUT2D eigenvalue weighted by atomic mass is 9.67. The zero-order chi connectivity index (χ0) is 21.2. The third-order valence-corrected chi connectivity index (χ3v) is 6.71. The highest BCUT2D eigenvalue weighted by Crippen LogP contribution is 2.44. The fourth-order valence-corrected chi connectivity index (χ4v) is 4.60. The van der Waals surface area contributed by atoms with Gasteiger partial charge in [0.15, 0.2) is 5.96 Å². The number of ether oxygens (including phenoxy) is 2. The number of halogens is 1. The fraction of sp³-hybridized carbons (Fsp3) is 0.708. The summed E-state index contributed by atoms with van der Waals surface area (Å²) in [5, 5.41) is 7.08. The van der Waals surface area contributed by atoms with E-state index in [1.165, 1.54) is 37.7 Å². The molecule has 1 saturated heterocycles. The molecule has 1 saturated carbocycles. The molecule has 7 heteroatoms. The molecule has 2 N–H and O–H groups in total. The highest BCUT2D eigenvalue weighted by Gasteiger charge is 2.36. The Kier molecular flexibility index (Phi) is 11.4. The van der Waals surface area contributed by atoms with Crippen LogP contribution in [0.25, 0.3) is 0 Å². The number of aliphatic imine (C=N–C) groups is 1. The summed E-state index contributed by atoms with van der Waals surface area (Å²) in [7, 11) is 3.51. The van der Waals surface area contributed by atoms with Gasteiger partial charge in [0.1, 0.15) is 5.75 Å². The Hall–Kier alpha value is -1.06. The first-order valence-electron chi connectivity index (χ1n) is 11.6. The summed E-state index contributed by atoms with van der Waals surface area (Å²) in [5.41, 5.74) is 1.67. The molecule has 0 amide bonds. The minimum absolute atomic E-state index is 0.